The van der Waals surface area contributed by atoms with Gasteiger partial charge in [-0.2, -0.15) is 0 Å². The Labute approximate surface area is 191 Å². The highest BCUT2D eigenvalue weighted by atomic mass is 35.5. The average molecular weight is 450 g/mol. The van der Waals surface area contributed by atoms with E-state index in [1.165, 1.54) is 0 Å². The number of halogens is 1. The molecule has 1 fully saturated rings. The molecule has 1 unspecified atom stereocenters. The minimum atomic E-state index is -1.25. The zero-order valence-electron chi connectivity index (χ0n) is 18.4. The van der Waals surface area contributed by atoms with Gasteiger partial charge in [0.2, 0.25) is 0 Å². The van der Waals surface area contributed by atoms with Gasteiger partial charge in [0, 0.05) is 27.7 Å². The number of aryl methyl sites for hydroxylation is 2. The fourth-order valence-corrected chi connectivity index (χ4v) is 4.31. The minimum Gasteiger partial charge on any atom is -0.319 e. The average Bonchev–Trinajstić information content (AvgIpc) is 3.17. The molecule has 0 saturated carbocycles. The number of hydrogen-bond donors (Lipinski definition) is 1. The Hall–Kier alpha value is -3.38. The largest absolute Gasteiger partial charge is 0.325 e. The molecular weight excluding hydrogens is 426 g/mol. The quantitative estimate of drug-likeness (QED) is 0.453. The number of aromatic nitrogens is 1. The highest BCUT2D eigenvalue weighted by Gasteiger charge is 2.49. The first-order valence-corrected chi connectivity index (χ1v) is 10.7. The van der Waals surface area contributed by atoms with Crippen molar-refractivity contribution < 1.29 is 14.4 Å². The van der Waals surface area contributed by atoms with Crippen molar-refractivity contribution in [2.24, 2.45) is 0 Å². The van der Waals surface area contributed by atoms with Crippen molar-refractivity contribution in [1.82, 2.24) is 14.8 Å². The van der Waals surface area contributed by atoms with E-state index in [2.05, 4.69) is 5.32 Å². The van der Waals surface area contributed by atoms with Gasteiger partial charge < -0.3 is 9.88 Å². The van der Waals surface area contributed by atoms with Crippen molar-refractivity contribution in [2.45, 2.75) is 33.2 Å². The van der Waals surface area contributed by atoms with Crippen molar-refractivity contribution in [3.05, 3.63) is 87.7 Å². The number of nitrogens with one attached hydrogen (secondary N) is 1. The predicted molar refractivity (Wildman–Crippen MR) is 123 cm³/mol. The summed E-state index contributed by atoms with van der Waals surface area (Å²) >= 11 is 5.95. The van der Waals surface area contributed by atoms with Gasteiger partial charge in [-0.25, -0.2) is 4.79 Å². The summed E-state index contributed by atoms with van der Waals surface area (Å²) in [5, 5.41) is 3.25. The zero-order chi connectivity index (χ0) is 23.2. The first-order valence-electron chi connectivity index (χ1n) is 10.3. The standard InChI is InChI=1S/C25H24ClN3O3/c1-15-5-11-20(12-6-15)29-16(2)13-21(17(29)3)22(30)14-28-23(31)25(4,27-24(28)32)18-7-9-19(26)10-8-18/h5-13H,14H2,1-4H3,(H,27,32). The number of hydrogen-bond acceptors (Lipinski definition) is 3. The van der Waals surface area contributed by atoms with E-state index in [1.807, 2.05) is 49.6 Å². The third-order valence-electron chi connectivity index (χ3n) is 6.02. The van der Waals surface area contributed by atoms with Crippen LogP contribution < -0.4 is 5.32 Å². The van der Waals surface area contributed by atoms with E-state index in [0.717, 1.165) is 27.5 Å². The summed E-state index contributed by atoms with van der Waals surface area (Å²) in [5.74, 6) is -0.758. The molecule has 3 aromatic rings. The molecule has 0 radical (unpaired) electrons. The topological polar surface area (TPSA) is 71.4 Å². The van der Waals surface area contributed by atoms with Crippen LogP contribution in [0.1, 0.15) is 39.8 Å². The Kier molecular flexibility index (Phi) is 5.42. The van der Waals surface area contributed by atoms with E-state index in [9.17, 15) is 14.4 Å². The highest BCUT2D eigenvalue weighted by molar-refractivity contribution is 6.30. The van der Waals surface area contributed by atoms with Crippen LogP contribution in [-0.4, -0.2) is 33.7 Å². The Balaban J connectivity index is 1.60. The van der Waals surface area contributed by atoms with Crippen LogP contribution in [-0.2, 0) is 10.3 Å². The second-order valence-electron chi connectivity index (χ2n) is 8.33. The Morgan fingerprint density at radius 3 is 2.25 bits per heavy atom. The van der Waals surface area contributed by atoms with E-state index < -0.39 is 17.5 Å². The summed E-state index contributed by atoms with van der Waals surface area (Å²) in [6.45, 7) is 7.11. The number of imide groups is 1. The summed E-state index contributed by atoms with van der Waals surface area (Å²) in [6, 6.07) is 16.0. The molecule has 32 heavy (non-hydrogen) atoms. The first-order chi connectivity index (χ1) is 15.1. The lowest BCUT2D eigenvalue weighted by Crippen LogP contribution is -2.41. The molecule has 3 amide bonds. The van der Waals surface area contributed by atoms with Gasteiger partial charge in [-0.3, -0.25) is 14.5 Å². The SMILES string of the molecule is Cc1ccc(-n2c(C)cc(C(=O)CN3C(=O)NC(C)(c4ccc(Cl)cc4)C3=O)c2C)cc1. The fourth-order valence-electron chi connectivity index (χ4n) is 4.18. The van der Waals surface area contributed by atoms with Gasteiger partial charge in [0.15, 0.2) is 5.78 Å². The molecule has 1 saturated heterocycles. The number of nitrogens with zero attached hydrogens (tertiary/aromatic N) is 2. The maximum Gasteiger partial charge on any atom is 0.325 e. The van der Waals surface area contributed by atoms with Crippen molar-refractivity contribution in [2.75, 3.05) is 6.54 Å². The number of rotatable bonds is 5. The van der Waals surface area contributed by atoms with E-state index >= 15 is 0 Å². The van der Waals surface area contributed by atoms with E-state index in [4.69, 9.17) is 11.6 Å². The van der Waals surface area contributed by atoms with Crippen LogP contribution in [0.25, 0.3) is 5.69 Å². The summed E-state index contributed by atoms with van der Waals surface area (Å²) in [7, 11) is 0. The van der Waals surface area contributed by atoms with Crippen molar-refractivity contribution in [3.63, 3.8) is 0 Å². The molecule has 2 heterocycles. The molecule has 1 atom stereocenters. The molecule has 1 aromatic heterocycles. The summed E-state index contributed by atoms with van der Waals surface area (Å²) in [4.78, 5) is 39.9. The molecule has 0 bridgehead atoms. The third-order valence-corrected chi connectivity index (χ3v) is 6.27. The van der Waals surface area contributed by atoms with E-state index in [1.54, 1.807) is 37.3 Å². The molecule has 1 N–H and O–H groups in total. The predicted octanol–water partition coefficient (Wildman–Crippen LogP) is 4.71. The van der Waals surface area contributed by atoms with Gasteiger partial charge in [-0.1, -0.05) is 41.4 Å². The maximum absolute atomic E-state index is 13.2. The van der Waals surface area contributed by atoms with Gasteiger partial charge in [0.25, 0.3) is 5.91 Å². The Morgan fingerprint density at radius 1 is 1.00 bits per heavy atom. The lowest BCUT2D eigenvalue weighted by atomic mass is 9.92. The smallest absolute Gasteiger partial charge is 0.319 e. The minimum absolute atomic E-state index is 0.291. The number of Topliss-reactive ketones (excluding diaryl/α,β-unsaturated/α-hetero) is 1. The second-order valence-corrected chi connectivity index (χ2v) is 8.77. The van der Waals surface area contributed by atoms with Gasteiger partial charge >= 0.3 is 6.03 Å². The molecule has 7 heteroatoms. The lowest BCUT2D eigenvalue weighted by molar-refractivity contribution is -0.130. The van der Waals surface area contributed by atoms with Crippen LogP contribution in [0.4, 0.5) is 4.79 Å². The van der Waals surface area contributed by atoms with Crippen molar-refractivity contribution >= 4 is 29.3 Å². The van der Waals surface area contributed by atoms with Gasteiger partial charge in [-0.15, -0.1) is 0 Å². The van der Waals surface area contributed by atoms with Crippen LogP contribution in [0.5, 0.6) is 0 Å². The summed E-state index contributed by atoms with van der Waals surface area (Å²) < 4.78 is 2.00. The van der Waals surface area contributed by atoms with Crippen molar-refractivity contribution in [3.8, 4) is 5.69 Å². The van der Waals surface area contributed by atoms with Gasteiger partial charge in [0.05, 0.1) is 6.54 Å². The molecule has 2 aromatic carbocycles. The fraction of sp³-hybridized carbons (Fsp3) is 0.240. The van der Waals surface area contributed by atoms with Gasteiger partial charge in [-0.05, 0) is 63.6 Å². The zero-order valence-corrected chi connectivity index (χ0v) is 19.2. The lowest BCUT2D eigenvalue weighted by Gasteiger charge is -2.22. The van der Waals surface area contributed by atoms with E-state index in [0.29, 0.717) is 16.1 Å². The number of benzene rings is 2. The number of carbonyl (C=O) groups excluding carboxylic acids is 3. The molecule has 0 aliphatic carbocycles. The summed E-state index contributed by atoms with van der Waals surface area (Å²) in [6.07, 6.45) is 0. The molecule has 1 aliphatic heterocycles. The number of carbonyl (C=O) groups is 3. The van der Waals surface area contributed by atoms with Crippen LogP contribution in [0, 0.1) is 20.8 Å². The molecule has 4 rings (SSSR count). The van der Waals surface area contributed by atoms with Gasteiger partial charge in [0.1, 0.15) is 5.54 Å². The monoisotopic (exact) mass is 449 g/mol. The molecule has 1 aliphatic rings. The second kappa shape index (κ2) is 7.95. The Bertz CT molecular complexity index is 1230. The van der Waals surface area contributed by atoms with Crippen LogP contribution in [0.15, 0.2) is 54.6 Å². The third kappa shape index (κ3) is 3.60. The Morgan fingerprint density at radius 2 is 1.62 bits per heavy atom. The molecular formula is C25H24ClN3O3. The number of amides is 3. The molecule has 0 spiro atoms. The van der Waals surface area contributed by atoms with Crippen molar-refractivity contribution in [1.29, 1.82) is 0 Å². The first kappa shape index (κ1) is 21.8. The van der Waals surface area contributed by atoms with Crippen LogP contribution >= 0.6 is 11.6 Å². The normalized spacial score (nSPS) is 18.2. The highest BCUT2D eigenvalue weighted by Crippen LogP contribution is 2.30. The van der Waals surface area contributed by atoms with Crippen LogP contribution in [0.2, 0.25) is 5.02 Å². The molecule has 6 nitrogen and oxygen atoms in total. The number of ketones is 1. The maximum atomic E-state index is 13.2. The number of urea groups is 1. The van der Waals surface area contributed by atoms with E-state index in [-0.39, 0.29) is 12.3 Å². The summed E-state index contributed by atoms with van der Waals surface area (Å²) in [5.41, 5.74) is 3.61. The van der Waals surface area contributed by atoms with Crippen LogP contribution in [0.3, 0.4) is 0 Å². The molecule has 164 valence electrons.